The van der Waals surface area contributed by atoms with E-state index in [0.29, 0.717) is 6.54 Å². The number of nitrogens with two attached hydrogens (primary N) is 1. The number of anilines is 1. The molecular formula is C15H26N2. The van der Waals surface area contributed by atoms with Gasteiger partial charge in [0.25, 0.3) is 0 Å². The summed E-state index contributed by atoms with van der Waals surface area (Å²) >= 11 is 0. The molecule has 0 amide bonds. The average Bonchev–Trinajstić information content (AvgIpc) is 2.29. The van der Waals surface area contributed by atoms with Gasteiger partial charge in [-0.1, -0.05) is 38.0 Å². The highest BCUT2D eigenvalue weighted by Gasteiger charge is 2.09. The average molecular weight is 234 g/mol. The van der Waals surface area contributed by atoms with Gasteiger partial charge in [-0.05, 0) is 37.4 Å². The van der Waals surface area contributed by atoms with Crippen LogP contribution in [0.2, 0.25) is 0 Å². The lowest BCUT2D eigenvalue weighted by molar-refractivity contribution is 0.559. The van der Waals surface area contributed by atoms with E-state index in [0.717, 1.165) is 18.9 Å². The third kappa shape index (κ3) is 4.04. The summed E-state index contributed by atoms with van der Waals surface area (Å²) in [6.07, 6.45) is 2.18. The molecule has 0 bridgehead atoms. The molecule has 1 atom stereocenters. The van der Waals surface area contributed by atoms with Gasteiger partial charge in [0.05, 0.1) is 0 Å². The molecule has 0 radical (unpaired) electrons. The fraction of sp³-hybridized carbons (Fsp3) is 0.600. The molecule has 0 aliphatic rings. The molecule has 0 aliphatic heterocycles. The summed E-state index contributed by atoms with van der Waals surface area (Å²) in [6, 6.07) is 6.67. The zero-order valence-corrected chi connectivity index (χ0v) is 11.7. The Morgan fingerprint density at radius 2 is 2.06 bits per heavy atom. The Labute approximate surface area is 106 Å². The Balaban J connectivity index is 2.87. The standard InChI is InChI=1S/C15H26N2/c1-5-12(2)11-17(4)15-7-6-13(3)10-14(15)8-9-16/h6-7,10,12H,5,8-9,11,16H2,1-4H3. The van der Waals surface area contributed by atoms with Crippen molar-refractivity contribution in [1.82, 2.24) is 0 Å². The van der Waals surface area contributed by atoms with Gasteiger partial charge < -0.3 is 10.6 Å². The maximum Gasteiger partial charge on any atom is 0.0396 e. The van der Waals surface area contributed by atoms with E-state index in [1.165, 1.54) is 23.2 Å². The van der Waals surface area contributed by atoms with Gasteiger partial charge in [-0.15, -0.1) is 0 Å². The Hall–Kier alpha value is -1.02. The molecule has 0 heterocycles. The van der Waals surface area contributed by atoms with Crippen LogP contribution in [0.25, 0.3) is 0 Å². The largest absolute Gasteiger partial charge is 0.374 e. The van der Waals surface area contributed by atoms with E-state index >= 15 is 0 Å². The molecule has 0 fully saturated rings. The number of rotatable bonds is 6. The van der Waals surface area contributed by atoms with E-state index in [1.54, 1.807) is 0 Å². The highest BCUT2D eigenvalue weighted by molar-refractivity contribution is 5.54. The summed E-state index contributed by atoms with van der Waals surface area (Å²) in [5.41, 5.74) is 9.71. The maximum atomic E-state index is 5.69. The van der Waals surface area contributed by atoms with E-state index in [2.05, 4.69) is 50.9 Å². The summed E-state index contributed by atoms with van der Waals surface area (Å²) in [5, 5.41) is 0. The van der Waals surface area contributed by atoms with E-state index in [1.807, 2.05) is 0 Å². The normalized spacial score (nSPS) is 12.5. The molecule has 17 heavy (non-hydrogen) atoms. The predicted molar refractivity (Wildman–Crippen MR) is 76.7 cm³/mol. The van der Waals surface area contributed by atoms with Crippen molar-refractivity contribution >= 4 is 5.69 Å². The van der Waals surface area contributed by atoms with Crippen LogP contribution >= 0.6 is 0 Å². The third-order valence-corrected chi connectivity index (χ3v) is 3.34. The number of hydrogen-bond donors (Lipinski definition) is 1. The van der Waals surface area contributed by atoms with Crippen LogP contribution in [0.4, 0.5) is 5.69 Å². The van der Waals surface area contributed by atoms with Crippen LogP contribution in [0.15, 0.2) is 18.2 Å². The van der Waals surface area contributed by atoms with Crippen molar-refractivity contribution in [3.8, 4) is 0 Å². The lowest BCUT2D eigenvalue weighted by Gasteiger charge is -2.25. The van der Waals surface area contributed by atoms with Gasteiger partial charge in [0.2, 0.25) is 0 Å². The first-order valence-electron chi connectivity index (χ1n) is 6.59. The van der Waals surface area contributed by atoms with Gasteiger partial charge in [-0.25, -0.2) is 0 Å². The van der Waals surface area contributed by atoms with Crippen LogP contribution in [0.3, 0.4) is 0 Å². The fourth-order valence-corrected chi connectivity index (χ4v) is 2.14. The highest BCUT2D eigenvalue weighted by Crippen LogP contribution is 2.22. The fourth-order valence-electron chi connectivity index (χ4n) is 2.14. The first-order chi connectivity index (χ1) is 8.08. The molecule has 0 aromatic heterocycles. The SMILES string of the molecule is CCC(C)CN(C)c1ccc(C)cc1CCN. The van der Waals surface area contributed by atoms with Crippen molar-refractivity contribution in [3.05, 3.63) is 29.3 Å². The van der Waals surface area contributed by atoms with Crippen LogP contribution in [0.1, 0.15) is 31.4 Å². The molecule has 2 nitrogen and oxygen atoms in total. The summed E-state index contributed by atoms with van der Waals surface area (Å²) in [7, 11) is 2.18. The van der Waals surface area contributed by atoms with Crippen LogP contribution in [0, 0.1) is 12.8 Å². The van der Waals surface area contributed by atoms with Gasteiger partial charge in [-0.3, -0.25) is 0 Å². The molecule has 1 rings (SSSR count). The monoisotopic (exact) mass is 234 g/mol. The zero-order chi connectivity index (χ0) is 12.8. The van der Waals surface area contributed by atoms with Gasteiger partial charge in [0.15, 0.2) is 0 Å². The summed E-state index contributed by atoms with van der Waals surface area (Å²) < 4.78 is 0. The first-order valence-corrected chi connectivity index (χ1v) is 6.59. The lowest BCUT2D eigenvalue weighted by Crippen LogP contribution is -2.25. The van der Waals surface area contributed by atoms with Crippen molar-refractivity contribution in [3.63, 3.8) is 0 Å². The molecule has 0 aliphatic carbocycles. The van der Waals surface area contributed by atoms with E-state index in [-0.39, 0.29) is 0 Å². The molecule has 1 aromatic rings. The Morgan fingerprint density at radius 1 is 1.35 bits per heavy atom. The Kier molecular flexibility index (Phi) is 5.49. The number of aryl methyl sites for hydroxylation is 1. The van der Waals surface area contributed by atoms with E-state index in [9.17, 15) is 0 Å². The first kappa shape index (κ1) is 14.0. The predicted octanol–water partition coefficient (Wildman–Crippen LogP) is 2.98. The quantitative estimate of drug-likeness (QED) is 0.820. The number of benzene rings is 1. The van der Waals surface area contributed by atoms with Gasteiger partial charge in [0, 0.05) is 19.3 Å². The molecule has 1 unspecified atom stereocenters. The van der Waals surface area contributed by atoms with Gasteiger partial charge in [-0.2, -0.15) is 0 Å². The minimum atomic E-state index is 0.716. The third-order valence-electron chi connectivity index (χ3n) is 3.34. The van der Waals surface area contributed by atoms with Crippen molar-refractivity contribution < 1.29 is 0 Å². The second-order valence-electron chi connectivity index (χ2n) is 5.06. The lowest BCUT2D eigenvalue weighted by atomic mass is 10.0. The summed E-state index contributed by atoms with van der Waals surface area (Å²) in [5.74, 6) is 0.729. The maximum absolute atomic E-state index is 5.69. The molecule has 1 aromatic carbocycles. The molecule has 0 spiro atoms. The van der Waals surface area contributed by atoms with Gasteiger partial charge >= 0.3 is 0 Å². The van der Waals surface area contributed by atoms with Crippen molar-refractivity contribution in [1.29, 1.82) is 0 Å². The summed E-state index contributed by atoms with van der Waals surface area (Å²) in [4.78, 5) is 2.36. The summed E-state index contributed by atoms with van der Waals surface area (Å²) in [6.45, 7) is 8.50. The van der Waals surface area contributed by atoms with Crippen molar-refractivity contribution in [2.24, 2.45) is 11.7 Å². The topological polar surface area (TPSA) is 29.3 Å². The van der Waals surface area contributed by atoms with Gasteiger partial charge in [0.1, 0.15) is 0 Å². The molecule has 96 valence electrons. The smallest absolute Gasteiger partial charge is 0.0396 e. The Bertz CT molecular complexity index is 347. The minimum absolute atomic E-state index is 0.716. The zero-order valence-electron chi connectivity index (χ0n) is 11.7. The van der Waals surface area contributed by atoms with E-state index in [4.69, 9.17) is 5.73 Å². The Morgan fingerprint density at radius 3 is 2.65 bits per heavy atom. The van der Waals surface area contributed by atoms with Crippen LogP contribution < -0.4 is 10.6 Å². The molecular weight excluding hydrogens is 208 g/mol. The molecule has 2 heteroatoms. The minimum Gasteiger partial charge on any atom is -0.374 e. The second kappa shape index (κ2) is 6.65. The van der Waals surface area contributed by atoms with E-state index < -0.39 is 0 Å². The molecule has 0 saturated carbocycles. The number of hydrogen-bond acceptors (Lipinski definition) is 2. The highest BCUT2D eigenvalue weighted by atomic mass is 15.1. The van der Waals surface area contributed by atoms with Crippen LogP contribution in [0.5, 0.6) is 0 Å². The molecule has 0 saturated heterocycles. The van der Waals surface area contributed by atoms with Crippen molar-refractivity contribution in [2.45, 2.75) is 33.6 Å². The molecule has 2 N–H and O–H groups in total. The number of nitrogens with zero attached hydrogens (tertiary/aromatic N) is 1. The van der Waals surface area contributed by atoms with Crippen LogP contribution in [-0.2, 0) is 6.42 Å². The van der Waals surface area contributed by atoms with Crippen molar-refractivity contribution in [2.75, 3.05) is 25.0 Å². The van der Waals surface area contributed by atoms with Crippen LogP contribution in [-0.4, -0.2) is 20.1 Å². The second-order valence-corrected chi connectivity index (χ2v) is 5.06.